The Morgan fingerprint density at radius 3 is 2.57 bits per heavy atom. The van der Waals surface area contributed by atoms with Gasteiger partial charge in [0.15, 0.2) is 11.5 Å². The third-order valence-corrected chi connectivity index (χ3v) is 3.94. The Balaban J connectivity index is 1.86. The van der Waals surface area contributed by atoms with E-state index in [0.717, 1.165) is 44.0 Å². The standard InChI is InChI=1S/C15H23N3O2S/c1-17-5-7-18(8-6-17)9-10-20-13-4-3-12(15(16)21)11-14(13)19-2/h3-4,11H,5-10H2,1-2H3,(H2,16,21). The van der Waals surface area contributed by atoms with E-state index in [1.807, 2.05) is 18.2 Å². The number of ether oxygens (including phenoxy) is 2. The van der Waals surface area contributed by atoms with E-state index < -0.39 is 0 Å². The molecule has 0 amide bonds. The molecule has 6 heteroatoms. The van der Waals surface area contributed by atoms with E-state index in [-0.39, 0.29) is 0 Å². The highest BCUT2D eigenvalue weighted by atomic mass is 32.1. The topological polar surface area (TPSA) is 51.0 Å². The van der Waals surface area contributed by atoms with E-state index in [1.54, 1.807) is 7.11 Å². The molecule has 0 bridgehead atoms. The van der Waals surface area contributed by atoms with Crippen molar-refractivity contribution in [3.8, 4) is 11.5 Å². The van der Waals surface area contributed by atoms with Gasteiger partial charge in [-0.1, -0.05) is 12.2 Å². The van der Waals surface area contributed by atoms with Crippen molar-refractivity contribution >= 4 is 17.2 Å². The van der Waals surface area contributed by atoms with Crippen LogP contribution < -0.4 is 15.2 Å². The molecule has 1 aromatic carbocycles. The van der Waals surface area contributed by atoms with Crippen molar-refractivity contribution in [3.05, 3.63) is 23.8 Å². The molecule has 1 aliphatic heterocycles. The maximum absolute atomic E-state index is 5.83. The lowest BCUT2D eigenvalue weighted by Crippen LogP contribution is -2.45. The van der Waals surface area contributed by atoms with Crippen LogP contribution >= 0.6 is 12.2 Å². The van der Waals surface area contributed by atoms with E-state index >= 15 is 0 Å². The molecule has 0 saturated carbocycles. The number of likely N-dealkylation sites (N-methyl/N-ethyl adjacent to an activating group) is 1. The second-order valence-corrected chi connectivity index (χ2v) is 5.66. The molecule has 21 heavy (non-hydrogen) atoms. The van der Waals surface area contributed by atoms with Crippen LogP contribution in [0.25, 0.3) is 0 Å². The lowest BCUT2D eigenvalue weighted by Gasteiger charge is -2.32. The molecule has 0 aliphatic carbocycles. The first-order valence-electron chi connectivity index (χ1n) is 7.11. The molecule has 116 valence electrons. The summed E-state index contributed by atoms with van der Waals surface area (Å²) in [5, 5.41) is 0. The average Bonchev–Trinajstić information content (AvgIpc) is 2.49. The van der Waals surface area contributed by atoms with Crippen LogP contribution in [0.2, 0.25) is 0 Å². The van der Waals surface area contributed by atoms with Gasteiger partial charge in [-0.2, -0.15) is 0 Å². The highest BCUT2D eigenvalue weighted by Crippen LogP contribution is 2.28. The summed E-state index contributed by atoms with van der Waals surface area (Å²) in [5.41, 5.74) is 6.41. The largest absolute Gasteiger partial charge is 0.493 e. The summed E-state index contributed by atoms with van der Waals surface area (Å²) in [6.45, 7) is 5.99. The number of piperazine rings is 1. The first-order valence-corrected chi connectivity index (χ1v) is 7.52. The van der Waals surface area contributed by atoms with Crippen molar-refractivity contribution in [3.63, 3.8) is 0 Å². The molecule has 0 radical (unpaired) electrons. The molecule has 0 aromatic heterocycles. The van der Waals surface area contributed by atoms with Gasteiger partial charge in [-0.3, -0.25) is 4.90 Å². The maximum Gasteiger partial charge on any atom is 0.161 e. The van der Waals surface area contributed by atoms with Crippen LogP contribution in [0.15, 0.2) is 18.2 Å². The lowest BCUT2D eigenvalue weighted by molar-refractivity contribution is 0.133. The molecule has 0 unspecified atom stereocenters. The van der Waals surface area contributed by atoms with Crippen molar-refractivity contribution < 1.29 is 9.47 Å². The zero-order valence-electron chi connectivity index (χ0n) is 12.7. The number of nitrogens with zero attached hydrogens (tertiary/aromatic N) is 2. The second kappa shape index (κ2) is 7.59. The smallest absolute Gasteiger partial charge is 0.161 e. The van der Waals surface area contributed by atoms with Crippen molar-refractivity contribution in [1.82, 2.24) is 9.80 Å². The number of rotatable bonds is 6. The van der Waals surface area contributed by atoms with E-state index in [9.17, 15) is 0 Å². The summed E-state index contributed by atoms with van der Waals surface area (Å²) in [5.74, 6) is 1.39. The molecule has 1 heterocycles. The molecular formula is C15H23N3O2S. The fourth-order valence-corrected chi connectivity index (χ4v) is 2.42. The van der Waals surface area contributed by atoms with Gasteiger partial charge in [-0.15, -0.1) is 0 Å². The number of nitrogens with two attached hydrogens (primary N) is 1. The molecule has 0 spiro atoms. The monoisotopic (exact) mass is 309 g/mol. The van der Waals surface area contributed by atoms with Crippen molar-refractivity contribution in [2.75, 3.05) is 53.5 Å². The first kappa shape index (κ1) is 16.0. The highest BCUT2D eigenvalue weighted by Gasteiger charge is 2.14. The Hall–Kier alpha value is -1.37. The summed E-state index contributed by atoms with van der Waals surface area (Å²) < 4.78 is 11.2. The number of benzene rings is 1. The Kier molecular flexibility index (Phi) is 5.78. The van der Waals surface area contributed by atoms with Gasteiger partial charge >= 0.3 is 0 Å². The summed E-state index contributed by atoms with van der Waals surface area (Å²) in [6.07, 6.45) is 0. The Morgan fingerprint density at radius 2 is 1.95 bits per heavy atom. The van der Waals surface area contributed by atoms with Crippen molar-refractivity contribution in [2.45, 2.75) is 0 Å². The summed E-state index contributed by atoms with van der Waals surface area (Å²) in [6, 6.07) is 5.53. The number of thiocarbonyl (C=S) groups is 1. The molecule has 0 atom stereocenters. The SMILES string of the molecule is COc1cc(C(N)=S)ccc1OCCN1CCN(C)CC1. The summed E-state index contributed by atoms with van der Waals surface area (Å²) in [4.78, 5) is 5.11. The Labute approximate surface area is 131 Å². The zero-order chi connectivity index (χ0) is 15.2. The van der Waals surface area contributed by atoms with Crippen LogP contribution in [0.4, 0.5) is 0 Å². The van der Waals surface area contributed by atoms with Crippen molar-refractivity contribution in [1.29, 1.82) is 0 Å². The van der Waals surface area contributed by atoms with E-state index in [1.165, 1.54) is 0 Å². The molecule has 2 rings (SSSR count). The number of hydrogen-bond acceptors (Lipinski definition) is 5. The minimum Gasteiger partial charge on any atom is -0.493 e. The molecule has 2 N–H and O–H groups in total. The van der Waals surface area contributed by atoms with E-state index in [0.29, 0.717) is 17.3 Å². The van der Waals surface area contributed by atoms with Gasteiger partial charge in [-0.25, -0.2) is 0 Å². The van der Waals surface area contributed by atoms with E-state index in [4.69, 9.17) is 27.4 Å². The fourth-order valence-electron chi connectivity index (χ4n) is 2.30. The minimum atomic E-state index is 0.359. The molecule has 1 saturated heterocycles. The number of methoxy groups -OCH3 is 1. The van der Waals surface area contributed by atoms with Crippen LogP contribution in [0.1, 0.15) is 5.56 Å². The number of hydrogen-bond donors (Lipinski definition) is 1. The Bertz CT molecular complexity index is 488. The molecular weight excluding hydrogens is 286 g/mol. The Morgan fingerprint density at radius 1 is 1.24 bits per heavy atom. The zero-order valence-corrected chi connectivity index (χ0v) is 13.5. The normalized spacial score (nSPS) is 16.7. The lowest BCUT2D eigenvalue weighted by atomic mass is 10.2. The average molecular weight is 309 g/mol. The fraction of sp³-hybridized carbons (Fsp3) is 0.533. The van der Waals surface area contributed by atoms with Gasteiger partial charge in [0.1, 0.15) is 11.6 Å². The predicted molar refractivity (Wildman–Crippen MR) is 88.3 cm³/mol. The summed E-state index contributed by atoms with van der Waals surface area (Å²) in [7, 11) is 3.77. The van der Waals surface area contributed by atoms with Crippen LogP contribution in [0, 0.1) is 0 Å². The quantitative estimate of drug-likeness (QED) is 0.790. The maximum atomic E-state index is 5.83. The van der Waals surface area contributed by atoms with Crippen LogP contribution in [0.5, 0.6) is 11.5 Å². The highest BCUT2D eigenvalue weighted by molar-refractivity contribution is 7.80. The van der Waals surface area contributed by atoms with Crippen LogP contribution in [-0.4, -0.2) is 68.3 Å². The van der Waals surface area contributed by atoms with Gasteiger partial charge in [0.2, 0.25) is 0 Å². The van der Waals surface area contributed by atoms with E-state index in [2.05, 4.69) is 16.8 Å². The molecule has 1 aromatic rings. The molecule has 1 fully saturated rings. The third-order valence-electron chi connectivity index (χ3n) is 3.71. The van der Waals surface area contributed by atoms with Crippen LogP contribution in [0.3, 0.4) is 0 Å². The molecule has 5 nitrogen and oxygen atoms in total. The second-order valence-electron chi connectivity index (χ2n) is 5.22. The van der Waals surface area contributed by atoms with Gasteiger partial charge in [-0.05, 0) is 25.2 Å². The van der Waals surface area contributed by atoms with Gasteiger partial charge < -0.3 is 20.1 Å². The van der Waals surface area contributed by atoms with Crippen molar-refractivity contribution in [2.24, 2.45) is 5.73 Å². The molecule has 1 aliphatic rings. The van der Waals surface area contributed by atoms with Gasteiger partial charge in [0.05, 0.1) is 7.11 Å². The first-order chi connectivity index (χ1) is 10.1. The van der Waals surface area contributed by atoms with Gasteiger partial charge in [0, 0.05) is 38.3 Å². The predicted octanol–water partition coefficient (Wildman–Crippen LogP) is 0.956. The van der Waals surface area contributed by atoms with Crippen LogP contribution in [-0.2, 0) is 0 Å². The van der Waals surface area contributed by atoms with Gasteiger partial charge in [0.25, 0.3) is 0 Å². The minimum absolute atomic E-state index is 0.359. The third kappa shape index (κ3) is 4.56. The summed E-state index contributed by atoms with van der Waals surface area (Å²) >= 11 is 4.97.